The summed E-state index contributed by atoms with van der Waals surface area (Å²) in [5.74, 6) is -1.01. The van der Waals surface area contributed by atoms with E-state index in [9.17, 15) is 19.1 Å². The van der Waals surface area contributed by atoms with Gasteiger partial charge in [0.05, 0.1) is 35.7 Å². The number of anilines is 1. The molecule has 2 amide bonds. The first-order chi connectivity index (χ1) is 17.1. The number of hydrogen-bond donors (Lipinski definition) is 3. The van der Waals surface area contributed by atoms with Crippen LogP contribution in [0.5, 0.6) is 5.75 Å². The van der Waals surface area contributed by atoms with Gasteiger partial charge in [0.2, 0.25) is 11.9 Å². The minimum atomic E-state index is -1.15. The zero-order valence-electron chi connectivity index (χ0n) is 19.5. The minimum Gasteiger partial charge on any atom is -0.497 e. The van der Waals surface area contributed by atoms with Crippen molar-refractivity contribution in [2.24, 2.45) is 0 Å². The lowest BCUT2D eigenvalue weighted by atomic mass is 10.0. The summed E-state index contributed by atoms with van der Waals surface area (Å²) in [7, 11) is 1.41. The molecule has 1 aromatic heterocycles. The van der Waals surface area contributed by atoms with E-state index < -0.39 is 29.4 Å². The van der Waals surface area contributed by atoms with Gasteiger partial charge in [0.15, 0.2) is 0 Å². The number of aromatic nitrogens is 2. The van der Waals surface area contributed by atoms with Gasteiger partial charge in [-0.05, 0) is 36.2 Å². The smallest absolute Gasteiger partial charge is 0.255 e. The van der Waals surface area contributed by atoms with E-state index in [0.717, 1.165) is 5.56 Å². The SMILES string of the molecule is COc1cc(F)cc([C@@]2(NC(=O)[C@@H](C)N3Cc4ccc(-c5nc(N)ncc5Cl)cc4C3=O)CC2O)c1. The standard InChI is InChI=1S/C25H23ClFN5O4/c1-12(22(34)31-25(9-20(25)33)15-6-16(27)8-17(7-15)36-2)32-11-14-4-3-13(5-18(14)23(32)35)21-19(26)10-29-24(28)30-21/h3-8,10,12,20,33H,9,11H2,1-2H3,(H,31,34)(H2,28,29,30)/t12-,20?,25+/m1/s1. The lowest BCUT2D eigenvalue weighted by Crippen LogP contribution is -2.49. The summed E-state index contributed by atoms with van der Waals surface area (Å²) in [6.07, 6.45) is 0.723. The Balaban J connectivity index is 1.36. The molecule has 0 bridgehead atoms. The number of nitrogens with zero attached hydrogens (tertiary/aromatic N) is 3. The van der Waals surface area contributed by atoms with Gasteiger partial charge < -0.3 is 25.8 Å². The van der Waals surface area contributed by atoms with E-state index in [4.69, 9.17) is 22.1 Å². The number of fused-ring (bicyclic) bond motifs is 1. The number of aliphatic hydroxyl groups is 1. The third kappa shape index (κ3) is 4.02. The van der Waals surface area contributed by atoms with Crippen LogP contribution in [-0.2, 0) is 16.9 Å². The number of benzene rings is 2. The molecule has 11 heteroatoms. The summed E-state index contributed by atoms with van der Waals surface area (Å²) in [6, 6.07) is 8.43. The van der Waals surface area contributed by atoms with Crippen molar-refractivity contribution in [1.29, 1.82) is 0 Å². The van der Waals surface area contributed by atoms with Gasteiger partial charge in [-0.1, -0.05) is 23.7 Å². The van der Waals surface area contributed by atoms with Crippen LogP contribution in [0.3, 0.4) is 0 Å². The van der Waals surface area contributed by atoms with Gasteiger partial charge in [-0.2, -0.15) is 0 Å². The molecule has 1 aliphatic heterocycles. The van der Waals surface area contributed by atoms with Crippen LogP contribution in [0.15, 0.2) is 42.6 Å². The van der Waals surface area contributed by atoms with Crippen LogP contribution < -0.4 is 15.8 Å². The highest BCUT2D eigenvalue weighted by Crippen LogP contribution is 2.47. The number of nitrogen functional groups attached to an aromatic ring is 1. The van der Waals surface area contributed by atoms with Crippen LogP contribution in [0, 0.1) is 5.82 Å². The highest BCUT2D eigenvalue weighted by atomic mass is 35.5. The van der Waals surface area contributed by atoms with E-state index in [1.165, 1.54) is 30.3 Å². The maximum Gasteiger partial charge on any atom is 0.255 e. The summed E-state index contributed by atoms with van der Waals surface area (Å²) < 4.78 is 19.2. The van der Waals surface area contributed by atoms with Gasteiger partial charge in [-0.3, -0.25) is 9.59 Å². The molecule has 3 atom stereocenters. The quantitative estimate of drug-likeness (QED) is 0.463. The van der Waals surface area contributed by atoms with Gasteiger partial charge in [-0.25, -0.2) is 14.4 Å². The Labute approximate surface area is 211 Å². The van der Waals surface area contributed by atoms with E-state index in [0.29, 0.717) is 27.4 Å². The molecule has 5 rings (SSSR count). The molecule has 2 aliphatic rings. The van der Waals surface area contributed by atoms with Crippen molar-refractivity contribution >= 4 is 29.4 Å². The predicted molar refractivity (Wildman–Crippen MR) is 130 cm³/mol. The van der Waals surface area contributed by atoms with Crippen LogP contribution in [0.4, 0.5) is 10.3 Å². The number of nitrogens with one attached hydrogen (secondary N) is 1. The second-order valence-electron chi connectivity index (χ2n) is 8.97. The van der Waals surface area contributed by atoms with Crippen molar-refractivity contribution in [3.8, 4) is 17.0 Å². The first-order valence-corrected chi connectivity index (χ1v) is 11.6. The van der Waals surface area contributed by atoms with E-state index in [1.54, 1.807) is 31.2 Å². The summed E-state index contributed by atoms with van der Waals surface area (Å²) in [5.41, 5.74) is 7.11. The number of rotatable bonds is 6. The Kier molecular flexibility index (Phi) is 5.80. The number of carbonyl (C=O) groups is 2. The van der Waals surface area contributed by atoms with Gasteiger partial charge in [0.25, 0.3) is 5.91 Å². The Morgan fingerprint density at radius 1 is 1.36 bits per heavy atom. The van der Waals surface area contributed by atoms with Crippen molar-refractivity contribution in [2.45, 2.75) is 37.6 Å². The zero-order chi connectivity index (χ0) is 25.8. The molecule has 1 aliphatic carbocycles. The molecule has 1 unspecified atom stereocenters. The van der Waals surface area contributed by atoms with Crippen LogP contribution in [0.1, 0.15) is 34.8 Å². The Morgan fingerprint density at radius 3 is 2.81 bits per heavy atom. The molecule has 2 heterocycles. The first kappa shape index (κ1) is 24.0. The number of ether oxygens (including phenoxy) is 1. The van der Waals surface area contributed by atoms with E-state index in [2.05, 4.69) is 15.3 Å². The van der Waals surface area contributed by atoms with Crippen LogP contribution >= 0.6 is 11.6 Å². The monoisotopic (exact) mass is 511 g/mol. The lowest BCUT2D eigenvalue weighted by molar-refractivity contribution is -0.126. The number of halogens is 2. The third-order valence-corrected chi connectivity index (χ3v) is 6.99. The molecule has 3 aromatic rings. The van der Waals surface area contributed by atoms with E-state index in [1.807, 2.05) is 0 Å². The maximum absolute atomic E-state index is 14.1. The number of hydrogen-bond acceptors (Lipinski definition) is 7. The second kappa shape index (κ2) is 8.72. The average Bonchev–Trinajstić information content (AvgIpc) is 3.40. The van der Waals surface area contributed by atoms with Crippen molar-refractivity contribution in [2.75, 3.05) is 12.8 Å². The molecule has 0 spiro atoms. The van der Waals surface area contributed by atoms with E-state index >= 15 is 0 Å². The van der Waals surface area contributed by atoms with Crippen LogP contribution in [0.25, 0.3) is 11.3 Å². The van der Waals surface area contributed by atoms with E-state index in [-0.39, 0.29) is 30.6 Å². The summed E-state index contributed by atoms with van der Waals surface area (Å²) in [4.78, 5) is 35.9. The van der Waals surface area contributed by atoms with Gasteiger partial charge >= 0.3 is 0 Å². The molecule has 2 aromatic carbocycles. The Bertz CT molecular complexity index is 1400. The molecule has 1 saturated carbocycles. The molecule has 4 N–H and O–H groups in total. The normalized spacial score (nSPS) is 21.2. The van der Waals surface area contributed by atoms with Crippen molar-refractivity contribution in [3.05, 3.63) is 70.1 Å². The lowest BCUT2D eigenvalue weighted by Gasteiger charge is -2.27. The van der Waals surface area contributed by atoms with Crippen molar-refractivity contribution < 1.29 is 23.8 Å². The third-order valence-electron chi connectivity index (χ3n) is 6.72. The highest BCUT2D eigenvalue weighted by Gasteiger charge is 2.57. The first-order valence-electron chi connectivity index (χ1n) is 11.2. The number of carbonyl (C=O) groups excluding carboxylic acids is 2. The Morgan fingerprint density at radius 2 is 2.11 bits per heavy atom. The fraction of sp³-hybridized carbons (Fsp3) is 0.280. The highest BCUT2D eigenvalue weighted by molar-refractivity contribution is 6.33. The van der Waals surface area contributed by atoms with Crippen LogP contribution in [-0.4, -0.2) is 51.0 Å². The van der Waals surface area contributed by atoms with Crippen molar-refractivity contribution in [1.82, 2.24) is 20.2 Å². The fourth-order valence-corrected chi connectivity index (χ4v) is 4.73. The number of nitrogens with two attached hydrogens (primary N) is 1. The van der Waals surface area contributed by atoms with Gasteiger partial charge in [0, 0.05) is 30.2 Å². The second-order valence-corrected chi connectivity index (χ2v) is 9.37. The fourth-order valence-electron chi connectivity index (χ4n) is 4.53. The maximum atomic E-state index is 14.1. The minimum absolute atomic E-state index is 0.0558. The largest absolute Gasteiger partial charge is 0.497 e. The number of methoxy groups -OCH3 is 1. The van der Waals surface area contributed by atoms with Crippen molar-refractivity contribution in [3.63, 3.8) is 0 Å². The number of aliphatic hydroxyl groups excluding tert-OH is 1. The molecule has 0 radical (unpaired) electrons. The summed E-state index contributed by atoms with van der Waals surface area (Å²) >= 11 is 6.22. The zero-order valence-corrected chi connectivity index (χ0v) is 20.2. The van der Waals surface area contributed by atoms with Gasteiger partial charge in [0.1, 0.15) is 17.6 Å². The number of amides is 2. The molecule has 36 heavy (non-hydrogen) atoms. The molecular formula is C25H23ClFN5O4. The molecule has 9 nitrogen and oxygen atoms in total. The molecule has 186 valence electrons. The molecule has 1 fully saturated rings. The van der Waals surface area contributed by atoms with Gasteiger partial charge in [-0.15, -0.1) is 0 Å². The van der Waals surface area contributed by atoms with Crippen LogP contribution in [0.2, 0.25) is 5.02 Å². The topological polar surface area (TPSA) is 131 Å². The summed E-state index contributed by atoms with van der Waals surface area (Å²) in [5, 5.41) is 13.5. The summed E-state index contributed by atoms with van der Waals surface area (Å²) in [6.45, 7) is 1.84. The Hall–Kier alpha value is -3.76. The average molecular weight is 512 g/mol. The molecule has 0 saturated heterocycles. The molecular weight excluding hydrogens is 489 g/mol. The predicted octanol–water partition coefficient (Wildman–Crippen LogP) is 2.65.